The highest BCUT2D eigenvalue weighted by Gasteiger charge is 2.66. The van der Waals surface area contributed by atoms with Crippen LogP contribution < -0.4 is 0 Å². The molecule has 0 heteroatoms. The van der Waals surface area contributed by atoms with Crippen molar-refractivity contribution in [2.75, 3.05) is 0 Å². The lowest BCUT2D eigenvalue weighted by molar-refractivity contribution is 0.167. The molecular formula is C22H20. The van der Waals surface area contributed by atoms with Gasteiger partial charge in [-0.2, -0.15) is 0 Å². The Morgan fingerprint density at radius 1 is 0.682 bits per heavy atom. The molecule has 22 heavy (non-hydrogen) atoms. The summed E-state index contributed by atoms with van der Waals surface area (Å²) in [5.41, 5.74) is 3.41. The Labute approximate surface area is 131 Å². The van der Waals surface area contributed by atoms with Gasteiger partial charge in [-0.05, 0) is 82.1 Å². The lowest BCUT2D eigenvalue weighted by Crippen LogP contribution is -2.33. The molecule has 2 aromatic carbocycles. The van der Waals surface area contributed by atoms with Gasteiger partial charge in [0.25, 0.3) is 0 Å². The second kappa shape index (κ2) is 3.35. The predicted octanol–water partition coefficient (Wildman–Crippen LogP) is 5.11. The molecule has 2 aromatic rings. The molecule has 0 amide bonds. The first kappa shape index (κ1) is 11.0. The van der Waals surface area contributed by atoms with Crippen molar-refractivity contribution >= 4 is 10.8 Å². The van der Waals surface area contributed by atoms with Gasteiger partial charge in [0.15, 0.2) is 0 Å². The van der Waals surface area contributed by atoms with Crippen molar-refractivity contribution in [3.63, 3.8) is 0 Å². The maximum atomic E-state index is 2.57. The van der Waals surface area contributed by atoms with Crippen molar-refractivity contribution in [3.8, 4) is 0 Å². The van der Waals surface area contributed by atoms with Gasteiger partial charge in [0.2, 0.25) is 0 Å². The number of hydrogen-bond donors (Lipinski definition) is 0. The zero-order valence-corrected chi connectivity index (χ0v) is 12.7. The topological polar surface area (TPSA) is 0 Å². The third-order valence-corrected chi connectivity index (χ3v) is 8.11. The Kier molecular flexibility index (Phi) is 1.68. The molecule has 0 nitrogen and oxygen atoms in total. The molecule has 108 valence electrons. The van der Waals surface area contributed by atoms with Gasteiger partial charge < -0.3 is 0 Å². The van der Waals surface area contributed by atoms with Crippen molar-refractivity contribution in [1.82, 2.24) is 0 Å². The Bertz CT molecular complexity index is 795. The van der Waals surface area contributed by atoms with Gasteiger partial charge in [-0.1, -0.05) is 48.6 Å². The molecule has 4 bridgehead atoms. The number of allylic oxidation sites excluding steroid dienone is 2. The average molecular weight is 284 g/mol. The Hall–Kier alpha value is -1.56. The summed E-state index contributed by atoms with van der Waals surface area (Å²) < 4.78 is 0. The molecule has 7 rings (SSSR count). The maximum Gasteiger partial charge on any atom is -0.00524 e. The van der Waals surface area contributed by atoms with Gasteiger partial charge >= 0.3 is 0 Å². The highest BCUT2D eigenvalue weighted by Crippen LogP contribution is 2.75. The Balaban J connectivity index is 1.50. The number of hydrogen-bond acceptors (Lipinski definition) is 0. The highest BCUT2D eigenvalue weighted by atomic mass is 14.7. The molecule has 8 atom stereocenters. The van der Waals surface area contributed by atoms with Crippen molar-refractivity contribution in [2.45, 2.75) is 24.7 Å². The summed E-state index contributed by atoms with van der Waals surface area (Å²) >= 11 is 0. The fourth-order valence-corrected chi connectivity index (χ4v) is 7.84. The van der Waals surface area contributed by atoms with Crippen LogP contribution in [0.15, 0.2) is 48.6 Å². The average Bonchev–Trinajstić information content (AvgIpc) is 3.32. The Morgan fingerprint density at radius 2 is 1.27 bits per heavy atom. The molecule has 0 radical (unpaired) electrons. The van der Waals surface area contributed by atoms with Crippen LogP contribution in [0.4, 0.5) is 0 Å². The molecule has 0 heterocycles. The summed E-state index contributed by atoms with van der Waals surface area (Å²) in [7, 11) is 0. The quantitative estimate of drug-likeness (QED) is 0.466. The zero-order chi connectivity index (χ0) is 14.0. The lowest BCUT2D eigenvalue weighted by Gasteiger charge is -2.39. The fraction of sp³-hybridized carbons (Fsp3) is 0.455. The van der Waals surface area contributed by atoms with Crippen LogP contribution in [-0.4, -0.2) is 0 Å². The standard InChI is InChI=1S/C22H20/c1-3-11-4-2-6-15-18(11)14(5-1)21-16-10-17(22(15)21)20-13-8-7-12(9-13)19(16)20/h1-8,12-13,16-17,19-22H,9-10H2. The van der Waals surface area contributed by atoms with E-state index in [1.807, 2.05) is 0 Å². The van der Waals surface area contributed by atoms with Crippen LogP contribution in [-0.2, 0) is 0 Å². The van der Waals surface area contributed by atoms with E-state index in [0.29, 0.717) is 0 Å². The van der Waals surface area contributed by atoms with E-state index < -0.39 is 0 Å². The molecule has 0 aromatic heterocycles. The van der Waals surface area contributed by atoms with Crippen LogP contribution in [0.3, 0.4) is 0 Å². The zero-order valence-electron chi connectivity index (χ0n) is 12.7. The minimum absolute atomic E-state index is 0.847. The predicted molar refractivity (Wildman–Crippen MR) is 88.7 cm³/mol. The highest BCUT2D eigenvalue weighted by molar-refractivity contribution is 5.92. The van der Waals surface area contributed by atoms with Crippen LogP contribution in [0.2, 0.25) is 0 Å². The molecule has 0 spiro atoms. The van der Waals surface area contributed by atoms with Crippen LogP contribution in [0, 0.1) is 35.5 Å². The van der Waals surface area contributed by atoms with Gasteiger partial charge in [-0.25, -0.2) is 0 Å². The van der Waals surface area contributed by atoms with Gasteiger partial charge in [-0.15, -0.1) is 0 Å². The second-order valence-corrected chi connectivity index (χ2v) is 8.51. The van der Waals surface area contributed by atoms with Crippen molar-refractivity contribution in [1.29, 1.82) is 0 Å². The second-order valence-electron chi connectivity index (χ2n) is 8.51. The minimum atomic E-state index is 0.847. The molecule has 0 aliphatic heterocycles. The molecule has 8 unspecified atom stereocenters. The van der Waals surface area contributed by atoms with Crippen molar-refractivity contribution in [3.05, 3.63) is 59.7 Å². The summed E-state index contributed by atoms with van der Waals surface area (Å²) in [5, 5.41) is 3.12. The van der Waals surface area contributed by atoms with E-state index in [1.54, 1.807) is 16.5 Å². The van der Waals surface area contributed by atoms with Crippen LogP contribution in [0.25, 0.3) is 10.8 Å². The first-order valence-corrected chi connectivity index (χ1v) is 9.12. The van der Waals surface area contributed by atoms with Crippen LogP contribution >= 0.6 is 0 Å². The molecule has 5 aliphatic carbocycles. The van der Waals surface area contributed by atoms with E-state index >= 15 is 0 Å². The molecule has 3 fully saturated rings. The van der Waals surface area contributed by atoms with Crippen molar-refractivity contribution in [2.24, 2.45) is 35.5 Å². The molecule has 5 aliphatic rings. The van der Waals surface area contributed by atoms with Crippen molar-refractivity contribution < 1.29 is 0 Å². The Morgan fingerprint density at radius 3 is 1.86 bits per heavy atom. The fourth-order valence-electron chi connectivity index (χ4n) is 7.84. The molecule has 0 N–H and O–H groups in total. The summed E-state index contributed by atoms with van der Waals surface area (Å²) in [4.78, 5) is 0. The summed E-state index contributed by atoms with van der Waals surface area (Å²) in [6.45, 7) is 0. The molecule has 3 saturated carbocycles. The summed E-state index contributed by atoms with van der Waals surface area (Å²) in [6.07, 6.45) is 8.14. The summed E-state index contributed by atoms with van der Waals surface area (Å²) in [6, 6.07) is 14.1. The first-order valence-electron chi connectivity index (χ1n) is 9.12. The monoisotopic (exact) mass is 284 g/mol. The number of benzene rings is 2. The van der Waals surface area contributed by atoms with Gasteiger partial charge in [0.05, 0.1) is 0 Å². The van der Waals surface area contributed by atoms with Gasteiger partial charge in [-0.3, -0.25) is 0 Å². The van der Waals surface area contributed by atoms with Gasteiger partial charge in [0.1, 0.15) is 0 Å². The lowest BCUT2D eigenvalue weighted by atomic mass is 9.64. The smallest absolute Gasteiger partial charge is 0.00524 e. The minimum Gasteiger partial charge on any atom is -0.0848 e. The van der Waals surface area contributed by atoms with E-state index in [0.717, 1.165) is 47.3 Å². The molecular weight excluding hydrogens is 264 g/mol. The van der Waals surface area contributed by atoms with E-state index in [4.69, 9.17) is 0 Å². The van der Waals surface area contributed by atoms with Crippen LogP contribution in [0.1, 0.15) is 35.8 Å². The molecule has 0 saturated heterocycles. The first-order chi connectivity index (χ1) is 10.9. The van der Waals surface area contributed by atoms with Crippen LogP contribution in [0.5, 0.6) is 0 Å². The SMILES string of the molecule is C1=CC2CC1C1C3CC(C4c5cccc6cccc(c56)C34)C21. The van der Waals surface area contributed by atoms with Gasteiger partial charge in [0, 0.05) is 0 Å². The third kappa shape index (κ3) is 0.985. The van der Waals surface area contributed by atoms with E-state index in [2.05, 4.69) is 48.6 Å². The number of rotatable bonds is 0. The normalized spacial score (nSPS) is 48.4. The summed E-state index contributed by atoms with van der Waals surface area (Å²) in [5.74, 6) is 7.52. The largest absolute Gasteiger partial charge is 0.0848 e. The third-order valence-electron chi connectivity index (χ3n) is 8.11. The maximum absolute atomic E-state index is 2.57. The van der Waals surface area contributed by atoms with E-state index in [-0.39, 0.29) is 0 Å². The van der Waals surface area contributed by atoms with E-state index in [9.17, 15) is 0 Å². The number of fused-ring (bicyclic) bond motifs is 14. The van der Waals surface area contributed by atoms with E-state index in [1.165, 1.54) is 18.2 Å².